The quantitative estimate of drug-likeness (QED) is 0.587. The third-order valence-electron chi connectivity index (χ3n) is 3.24. The average Bonchev–Trinajstić information content (AvgIpc) is 2.41. The van der Waals surface area contributed by atoms with E-state index in [0.29, 0.717) is 0 Å². The standard InChI is InChI=1S/C14H10Cl2O4S4/c1-23(17,18)13-5-11-9(3-7(13)15)22-12-6-14(24(2,19)20)8(16)4-10(12)21-11/h3-6H,1-2H3. The highest BCUT2D eigenvalue weighted by atomic mass is 35.5. The molecule has 0 N–H and O–H groups in total. The Morgan fingerprint density at radius 1 is 0.667 bits per heavy atom. The lowest BCUT2D eigenvalue weighted by Crippen LogP contribution is -2.02. The monoisotopic (exact) mass is 440 g/mol. The molecule has 2 aromatic carbocycles. The maximum Gasteiger partial charge on any atom is 0.177 e. The van der Waals surface area contributed by atoms with Crippen molar-refractivity contribution in [2.24, 2.45) is 0 Å². The maximum atomic E-state index is 11.8. The zero-order valence-corrected chi connectivity index (χ0v) is 17.1. The van der Waals surface area contributed by atoms with Crippen molar-refractivity contribution in [3.8, 4) is 0 Å². The van der Waals surface area contributed by atoms with E-state index in [-0.39, 0.29) is 19.8 Å². The predicted octanol–water partition coefficient (Wildman–Crippen LogP) is 4.42. The number of sulfone groups is 2. The molecule has 0 saturated carbocycles. The predicted molar refractivity (Wildman–Crippen MR) is 97.4 cm³/mol. The number of hydrogen-bond acceptors (Lipinski definition) is 6. The number of benzene rings is 2. The highest BCUT2D eigenvalue weighted by molar-refractivity contribution is 8.05. The van der Waals surface area contributed by atoms with Gasteiger partial charge in [0.1, 0.15) is 0 Å². The second kappa shape index (κ2) is 6.10. The highest BCUT2D eigenvalue weighted by Crippen LogP contribution is 2.51. The second-order valence-electron chi connectivity index (χ2n) is 5.21. The summed E-state index contributed by atoms with van der Waals surface area (Å²) in [7, 11) is -6.88. The molecule has 10 heteroatoms. The number of rotatable bonds is 2. The summed E-state index contributed by atoms with van der Waals surface area (Å²) in [6.45, 7) is 0. The number of fused-ring (bicyclic) bond motifs is 2. The van der Waals surface area contributed by atoms with Crippen LogP contribution in [0.1, 0.15) is 0 Å². The molecule has 0 bridgehead atoms. The highest BCUT2D eigenvalue weighted by Gasteiger charge is 2.25. The molecule has 0 radical (unpaired) electrons. The molecule has 0 atom stereocenters. The van der Waals surface area contributed by atoms with Gasteiger partial charge in [0.2, 0.25) is 0 Å². The molecule has 1 heterocycles. The summed E-state index contributed by atoms with van der Waals surface area (Å²) in [4.78, 5) is 3.15. The lowest BCUT2D eigenvalue weighted by Gasteiger charge is -2.20. The summed E-state index contributed by atoms with van der Waals surface area (Å²) in [5.74, 6) is 0. The Balaban J connectivity index is 2.15. The minimum absolute atomic E-state index is 0.0679. The first-order valence-electron chi connectivity index (χ1n) is 6.40. The molecule has 0 spiro atoms. The normalized spacial score (nSPS) is 14.2. The minimum atomic E-state index is -3.44. The minimum Gasteiger partial charge on any atom is -0.224 e. The topological polar surface area (TPSA) is 68.3 Å². The molecule has 24 heavy (non-hydrogen) atoms. The van der Waals surface area contributed by atoms with Crippen LogP contribution < -0.4 is 0 Å². The lowest BCUT2D eigenvalue weighted by molar-refractivity contribution is 0.599. The average molecular weight is 441 g/mol. The van der Waals surface area contributed by atoms with Crippen LogP contribution in [0.4, 0.5) is 0 Å². The Hall–Kier alpha value is -0.380. The van der Waals surface area contributed by atoms with Crippen LogP contribution in [-0.4, -0.2) is 29.3 Å². The van der Waals surface area contributed by atoms with Crippen LogP contribution >= 0.6 is 46.7 Å². The summed E-state index contributed by atoms with van der Waals surface area (Å²) < 4.78 is 47.2. The van der Waals surface area contributed by atoms with E-state index in [9.17, 15) is 16.8 Å². The lowest BCUT2D eigenvalue weighted by atomic mass is 10.3. The van der Waals surface area contributed by atoms with Crippen LogP contribution in [-0.2, 0) is 19.7 Å². The summed E-state index contributed by atoms with van der Waals surface area (Å²) >= 11 is 14.8. The first kappa shape index (κ1) is 18.4. The van der Waals surface area contributed by atoms with Gasteiger partial charge in [-0.25, -0.2) is 16.8 Å². The van der Waals surface area contributed by atoms with Crippen LogP contribution in [0.15, 0.2) is 53.6 Å². The van der Waals surface area contributed by atoms with Crippen molar-refractivity contribution in [1.29, 1.82) is 0 Å². The van der Waals surface area contributed by atoms with Crippen molar-refractivity contribution in [2.75, 3.05) is 12.5 Å². The van der Waals surface area contributed by atoms with E-state index in [2.05, 4.69) is 0 Å². The van der Waals surface area contributed by atoms with E-state index < -0.39 is 19.7 Å². The van der Waals surface area contributed by atoms with E-state index in [4.69, 9.17) is 23.2 Å². The van der Waals surface area contributed by atoms with Crippen molar-refractivity contribution in [1.82, 2.24) is 0 Å². The van der Waals surface area contributed by atoms with Gasteiger partial charge >= 0.3 is 0 Å². The van der Waals surface area contributed by atoms with Crippen molar-refractivity contribution in [2.45, 2.75) is 29.4 Å². The molecular weight excluding hydrogens is 431 g/mol. The van der Waals surface area contributed by atoms with Crippen LogP contribution in [0.25, 0.3) is 0 Å². The Bertz CT molecular complexity index is 989. The van der Waals surface area contributed by atoms with Gasteiger partial charge in [-0.15, -0.1) is 0 Å². The number of halogens is 2. The van der Waals surface area contributed by atoms with Crippen molar-refractivity contribution >= 4 is 66.4 Å². The van der Waals surface area contributed by atoms with Gasteiger partial charge in [0.05, 0.1) is 19.8 Å². The molecule has 2 aromatic rings. The van der Waals surface area contributed by atoms with E-state index >= 15 is 0 Å². The number of hydrogen-bond donors (Lipinski definition) is 0. The summed E-state index contributed by atoms with van der Waals surface area (Å²) in [6.07, 6.45) is 2.20. The zero-order valence-electron chi connectivity index (χ0n) is 12.3. The van der Waals surface area contributed by atoms with Crippen LogP contribution in [0.5, 0.6) is 0 Å². The van der Waals surface area contributed by atoms with Crippen LogP contribution in [0, 0.1) is 0 Å². The molecule has 0 aliphatic carbocycles. The fraction of sp³-hybridized carbons (Fsp3) is 0.143. The summed E-state index contributed by atoms with van der Waals surface area (Å²) in [5.41, 5.74) is 0. The van der Waals surface area contributed by atoms with Crippen LogP contribution in [0.3, 0.4) is 0 Å². The SMILES string of the molecule is CS(=O)(=O)c1cc2c(cc1Cl)Sc1cc(S(C)(=O)=O)c(Cl)cc1S2. The van der Waals surface area contributed by atoms with E-state index in [1.54, 1.807) is 12.1 Å². The Kier molecular flexibility index (Phi) is 4.68. The van der Waals surface area contributed by atoms with Gasteiger partial charge in [-0.3, -0.25) is 0 Å². The zero-order chi connectivity index (χ0) is 17.9. The molecule has 0 amide bonds. The third kappa shape index (κ3) is 3.45. The molecule has 0 aromatic heterocycles. The fourth-order valence-corrected chi connectivity index (χ4v) is 7.41. The van der Waals surface area contributed by atoms with E-state index in [1.165, 1.54) is 35.7 Å². The second-order valence-corrected chi connectivity index (χ2v) is 12.2. The van der Waals surface area contributed by atoms with Crippen molar-refractivity contribution in [3.63, 3.8) is 0 Å². The Morgan fingerprint density at radius 3 is 1.25 bits per heavy atom. The Labute approximate surface area is 158 Å². The summed E-state index contributed by atoms with van der Waals surface area (Å²) in [6, 6.07) is 6.24. The molecular formula is C14H10Cl2O4S4. The summed E-state index contributed by atoms with van der Waals surface area (Å²) in [5, 5.41) is 0.287. The molecule has 3 rings (SSSR count). The van der Waals surface area contributed by atoms with Gasteiger partial charge in [0.25, 0.3) is 0 Å². The van der Waals surface area contributed by atoms with E-state index in [0.717, 1.165) is 32.1 Å². The molecule has 0 fully saturated rings. The van der Waals surface area contributed by atoms with Gasteiger partial charge in [-0.1, -0.05) is 46.7 Å². The molecule has 0 unspecified atom stereocenters. The van der Waals surface area contributed by atoms with E-state index in [1.807, 2.05) is 0 Å². The van der Waals surface area contributed by atoms with Crippen molar-refractivity contribution < 1.29 is 16.8 Å². The molecule has 0 saturated heterocycles. The Morgan fingerprint density at radius 2 is 0.958 bits per heavy atom. The molecule has 4 nitrogen and oxygen atoms in total. The van der Waals surface area contributed by atoms with Gasteiger partial charge in [-0.2, -0.15) is 0 Å². The smallest absolute Gasteiger partial charge is 0.177 e. The largest absolute Gasteiger partial charge is 0.224 e. The van der Waals surface area contributed by atoms with Gasteiger partial charge in [-0.05, 0) is 24.3 Å². The van der Waals surface area contributed by atoms with Crippen LogP contribution in [0.2, 0.25) is 10.0 Å². The van der Waals surface area contributed by atoms with Crippen molar-refractivity contribution in [3.05, 3.63) is 34.3 Å². The van der Waals surface area contributed by atoms with Gasteiger partial charge in [0.15, 0.2) is 19.7 Å². The maximum absolute atomic E-state index is 11.8. The van der Waals surface area contributed by atoms with Gasteiger partial charge < -0.3 is 0 Å². The fourth-order valence-electron chi connectivity index (χ4n) is 2.16. The molecule has 128 valence electrons. The third-order valence-corrected chi connectivity index (χ3v) is 8.85. The first-order valence-corrected chi connectivity index (χ1v) is 12.6. The van der Waals surface area contributed by atoms with Gasteiger partial charge in [0, 0.05) is 32.1 Å². The first-order chi connectivity index (χ1) is 11.0. The molecule has 1 aliphatic heterocycles. The molecule has 1 aliphatic rings.